The van der Waals surface area contributed by atoms with Crippen LogP contribution < -0.4 is 0 Å². The van der Waals surface area contributed by atoms with Crippen molar-refractivity contribution in [2.45, 2.75) is 20.8 Å². The topological polar surface area (TPSA) is 40.6 Å². The first-order valence-electron chi connectivity index (χ1n) is 8.03. The van der Waals surface area contributed by atoms with Gasteiger partial charge in [-0.3, -0.25) is 14.5 Å². The second kappa shape index (κ2) is 6.92. The fourth-order valence-corrected chi connectivity index (χ4v) is 2.81. The number of hydrogen-bond donors (Lipinski definition) is 0. The molecule has 3 rings (SSSR count). The van der Waals surface area contributed by atoms with Gasteiger partial charge in [0, 0.05) is 29.6 Å². The maximum Gasteiger partial charge on any atom is 0.261 e. The van der Waals surface area contributed by atoms with Crippen LogP contribution in [0.3, 0.4) is 0 Å². The Morgan fingerprint density at radius 3 is 2.30 bits per heavy atom. The van der Waals surface area contributed by atoms with Crippen LogP contribution in [0.5, 0.6) is 0 Å². The molecular weight excluding hydrogens is 288 g/mol. The molecule has 23 heavy (non-hydrogen) atoms. The van der Waals surface area contributed by atoms with Gasteiger partial charge in [0.2, 0.25) is 0 Å². The Hall–Kier alpha value is -2.20. The highest BCUT2D eigenvalue weighted by molar-refractivity contribution is 6.25. The lowest BCUT2D eigenvalue weighted by Gasteiger charge is -2.28. The van der Waals surface area contributed by atoms with Crippen molar-refractivity contribution in [2.24, 2.45) is 0 Å². The molecule has 1 heterocycles. The lowest BCUT2D eigenvalue weighted by Crippen LogP contribution is -2.43. The Bertz CT molecular complexity index is 750. The fraction of sp³-hybridized carbons (Fsp3) is 0.368. The molecular formula is C19H24N2O2. The van der Waals surface area contributed by atoms with Gasteiger partial charge in [-0.05, 0) is 44.1 Å². The van der Waals surface area contributed by atoms with Crippen LogP contribution in [-0.4, -0.2) is 48.8 Å². The number of benzene rings is 2. The van der Waals surface area contributed by atoms with E-state index in [1.807, 2.05) is 64.0 Å². The van der Waals surface area contributed by atoms with Crippen LogP contribution in [0, 0.1) is 6.92 Å². The quantitative estimate of drug-likeness (QED) is 0.816. The average molecular weight is 312 g/mol. The van der Waals surface area contributed by atoms with Crippen LogP contribution in [-0.2, 0) is 0 Å². The molecule has 0 unspecified atom stereocenters. The fourth-order valence-electron chi connectivity index (χ4n) is 2.81. The summed E-state index contributed by atoms with van der Waals surface area (Å²) in [5, 5.41) is 1.75. The van der Waals surface area contributed by atoms with E-state index in [9.17, 15) is 9.59 Å². The third-order valence-electron chi connectivity index (χ3n) is 3.84. The molecule has 0 N–H and O–H groups in total. The van der Waals surface area contributed by atoms with Gasteiger partial charge in [-0.25, -0.2) is 0 Å². The molecule has 0 spiro atoms. The van der Waals surface area contributed by atoms with E-state index in [0.29, 0.717) is 24.2 Å². The Kier molecular flexibility index (Phi) is 5.16. The van der Waals surface area contributed by atoms with E-state index in [1.165, 1.54) is 4.90 Å². The molecule has 0 bridgehead atoms. The highest BCUT2D eigenvalue weighted by Gasteiger charge is 2.32. The molecule has 4 heteroatoms. The Balaban J connectivity index is 0.000000924. The zero-order valence-corrected chi connectivity index (χ0v) is 14.5. The first-order chi connectivity index (χ1) is 11.0. The van der Waals surface area contributed by atoms with Crippen LogP contribution in [0.25, 0.3) is 10.8 Å². The smallest absolute Gasteiger partial charge is 0.261 e. The summed E-state index contributed by atoms with van der Waals surface area (Å²) in [6.45, 7) is 7.04. The van der Waals surface area contributed by atoms with Crippen LogP contribution in [0.1, 0.15) is 40.1 Å². The van der Waals surface area contributed by atoms with Gasteiger partial charge in [-0.1, -0.05) is 32.0 Å². The number of carbonyl (C=O) groups is 2. The number of hydrogen-bond acceptors (Lipinski definition) is 3. The first-order valence-corrected chi connectivity index (χ1v) is 8.03. The number of likely N-dealkylation sites (N-methyl/N-ethyl adjacent to an activating group) is 1. The molecule has 0 fully saturated rings. The summed E-state index contributed by atoms with van der Waals surface area (Å²) in [6, 6.07) is 9.52. The SMILES string of the molecule is CC.Cc1cc2c3c(cccc3c1)C(=O)N(CCN(C)C)C2=O. The molecule has 0 saturated carbocycles. The number of imide groups is 1. The van der Waals surface area contributed by atoms with Crippen molar-refractivity contribution in [3.63, 3.8) is 0 Å². The van der Waals surface area contributed by atoms with Gasteiger partial charge in [0.05, 0.1) is 0 Å². The van der Waals surface area contributed by atoms with E-state index in [4.69, 9.17) is 0 Å². The summed E-state index contributed by atoms with van der Waals surface area (Å²) in [7, 11) is 3.86. The number of aryl methyl sites for hydroxylation is 1. The molecule has 0 aliphatic carbocycles. The lowest BCUT2D eigenvalue weighted by atomic mass is 9.92. The Morgan fingerprint density at radius 2 is 1.65 bits per heavy atom. The van der Waals surface area contributed by atoms with Gasteiger partial charge in [0.1, 0.15) is 0 Å². The highest BCUT2D eigenvalue weighted by atomic mass is 16.2. The standard InChI is InChI=1S/C17H18N2O2.C2H6/c1-11-9-12-5-4-6-13-15(12)14(10-11)17(21)19(16(13)20)8-7-18(2)3;1-2/h4-6,9-10H,7-8H2,1-3H3;1-2H3. The van der Waals surface area contributed by atoms with Crippen LogP contribution in [0.15, 0.2) is 30.3 Å². The van der Waals surface area contributed by atoms with Crippen molar-refractivity contribution in [1.29, 1.82) is 0 Å². The normalized spacial score (nSPS) is 13.4. The molecule has 4 nitrogen and oxygen atoms in total. The summed E-state index contributed by atoms with van der Waals surface area (Å²) in [5.74, 6) is -0.377. The minimum absolute atomic E-state index is 0.186. The Labute approximate surface area is 137 Å². The predicted molar refractivity (Wildman–Crippen MR) is 94.0 cm³/mol. The third kappa shape index (κ3) is 3.13. The molecule has 0 atom stereocenters. The minimum Gasteiger partial charge on any atom is -0.308 e. The van der Waals surface area contributed by atoms with E-state index < -0.39 is 0 Å². The zero-order chi connectivity index (χ0) is 17.1. The van der Waals surface area contributed by atoms with Gasteiger partial charge in [0.25, 0.3) is 11.8 Å². The summed E-state index contributed by atoms with van der Waals surface area (Å²) in [4.78, 5) is 28.6. The highest BCUT2D eigenvalue weighted by Crippen LogP contribution is 2.30. The van der Waals surface area contributed by atoms with E-state index >= 15 is 0 Å². The van der Waals surface area contributed by atoms with Crippen molar-refractivity contribution in [3.05, 3.63) is 47.0 Å². The lowest BCUT2D eigenvalue weighted by molar-refractivity contribution is 0.0601. The third-order valence-corrected chi connectivity index (χ3v) is 3.84. The summed E-state index contributed by atoms with van der Waals surface area (Å²) >= 11 is 0. The minimum atomic E-state index is -0.191. The molecule has 1 aliphatic heterocycles. The molecule has 2 aromatic carbocycles. The number of rotatable bonds is 3. The van der Waals surface area contributed by atoms with Crippen molar-refractivity contribution in [2.75, 3.05) is 27.2 Å². The number of amides is 2. The maximum absolute atomic E-state index is 12.7. The summed E-state index contributed by atoms with van der Waals surface area (Å²) < 4.78 is 0. The molecule has 0 aromatic heterocycles. The molecule has 0 saturated heterocycles. The first kappa shape index (κ1) is 17.2. The largest absolute Gasteiger partial charge is 0.308 e. The van der Waals surface area contributed by atoms with Gasteiger partial charge >= 0.3 is 0 Å². The van der Waals surface area contributed by atoms with E-state index in [-0.39, 0.29) is 11.8 Å². The number of carbonyl (C=O) groups excluding carboxylic acids is 2. The van der Waals surface area contributed by atoms with Crippen molar-refractivity contribution in [3.8, 4) is 0 Å². The van der Waals surface area contributed by atoms with Gasteiger partial charge in [-0.15, -0.1) is 0 Å². The number of nitrogens with zero attached hydrogens (tertiary/aromatic N) is 2. The van der Waals surface area contributed by atoms with E-state index in [0.717, 1.165) is 16.3 Å². The molecule has 2 aromatic rings. The van der Waals surface area contributed by atoms with Crippen LogP contribution in [0.4, 0.5) is 0 Å². The van der Waals surface area contributed by atoms with Crippen molar-refractivity contribution < 1.29 is 9.59 Å². The summed E-state index contributed by atoms with van der Waals surface area (Å²) in [6.07, 6.45) is 0. The van der Waals surface area contributed by atoms with Gasteiger partial charge < -0.3 is 4.90 Å². The Morgan fingerprint density at radius 1 is 1.00 bits per heavy atom. The van der Waals surface area contributed by atoms with Crippen molar-refractivity contribution in [1.82, 2.24) is 9.80 Å². The predicted octanol–water partition coefficient (Wildman–Crippen LogP) is 3.33. The van der Waals surface area contributed by atoms with Crippen LogP contribution >= 0.6 is 0 Å². The van der Waals surface area contributed by atoms with Crippen LogP contribution in [0.2, 0.25) is 0 Å². The molecule has 122 valence electrons. The van der Waals surface area contributed by atoms with Gasteiger partial charge in [-0.2, -0.15) is 0 Å². The maximum atomic E-state index is 12.7. The molecule has 0 radical (unpaired) electrons. The van der Waals surface area contributed by atoms with Crippen molar-refractivity contribution >= 4 is 22.6 Å². The molecule has 1 aliphatic rings. The zero-order valence-electron chi connectivity index (χ0n) is 14.5. The molecule has 2 amide bonds. The van der Waals surface area contributed by atoms with E-state index in [2.05, 4.69) is 0 Å². The average Bonchev–Trinajstić information content (AvgIpc) is 2.53. The van der Waals surface area contributed by atoms with Gasteiger partial charge in [0.15, 0.2) is 0 Å². The second-order valence-corrected chi connectivity index (χ2v) is 5.78. The monoisotopic (exact) mass is 312 g/mol. The summed E-state index contributed by atoms with van der Waals surface area (Å²) in [5.41, 5.74) is 2.30. The van der Waals surface area contributed by atoms with E-state index in [1.54, 1.807) is 6.07 Å². The second-order valence-electron chi connectivity index (χ2n) is 5.78.